The number of rotatable bonds is 3. The van der Waals surface area contributed by atoms with Gasteiger partial charge < -0.3 is 0 Å². The molecule has 0 fully saturated rings. The van der Waals surface area contributed by atoms with Crippen molar-refractivity contribution in [3.8, 4) is 28.3 Å². The molecule has 0 aliphatic rings. The zero-order chi connectivity index (χ0) is 34.6. The summed E-state index contributed by atoms with van der Waals surface area (Å²) in [6, 6.07) is 59.2. The molecule has 3 nitrogen and oxygen atoms in total. The molecule has 0 N–H and O–H groups in total. The summed E-state index contributed by atoms with van der Waals surface area (Å²) in [6.07, 6.45) is 0. The van der Waals surface area contributed by atoms with E-state index in [1.54, 1.807) is 11.3 Å². The van der Waals surface area contributed by atoms with Crippen molar-refractivity contribution in [2.24, 2.45) is 0 Å². The van der Waals surface area contributed by atoms with Crippen molar-refractivity contribution >= 4 is 106 Å². The highest BCUT2D eigenvalue weighted by Crippen LogP contribution is 2.48. The van der Waals surface area contributed by atoms with Gasteiger partial charge in [0.25, 0.3) is 0 Å². The molecular formula is C48H27N3S2. The Balaban J connectivity index is 1.17. The van der Waals surface area contributed by atoms with Crippen molar-refractivity contribution in [1.82, 2.24) is 14.5 Å². The summed E-state index contributed by atoms with van der Waals surface area (Å²) in [4.78, 5) is 12.0. The molecule has 0 saturated carbocycles. The average Bonchev–Trinajstić information content (AvgIpc) is 3.90. The van der Waals surface area contributed by atoms with E-state index < -0.39 is 0 Å². The second kappa shape index (κ2) is 11.1. The van der Waals surface area contributed by atoms with Gasteiger partial charge >= 0.3 is 0 Å². The molecule has 0 atom stereocenters. The third kappa shape index (κ3) is 4.20. The van der Waals surface area contributed by atoms with Gasteiger partial charge in [-0.05, 0) is 46.2 Å². The summed E-state index contributed by atoms with van der Waals surface area (Å²) in [5, 5.41) is 12.3. The molecule has 0 aliphatic heterocycles. The molecule has 0 radical (unpaired) electrons. The highest BCUT2D eigenvalue weighted by atomic mass is 32.1. The predicted octanol–water partition coefficient (Wildman–Crippen LogP) is 13.9. The Labute approximate surface area is 311 Å². The second-order valence-corrected chi connectivity index (χ2v) is 15.8. The zero-order valence-corrected chi connectivity index (χ0v) is 29.9. The van der Waals surface area contributed by atoms with E-state index in [2.05, 4.69) is 168 Å². The van der Waals surface area contributed by atoms with Gasteiger partial charge in [0.2, 0.25) is 5.95 Å². The van der Waals surface area contributed by atoms with E-state index in [0.29, 0.717) is 5.95 Å². The fraction of sp³-hybridized carbons (Fsp3) is 0. The Morgan fingerprint density at radius 1 is 0.415 bits per heavy atom. The SMILES string of the molecule is c1ccc2cc(-c3ccc(-c4nc(-n5c6ccccc6c6c7c8ccccc8sc7c7ccccc7c65)nc5sc6ccccc6c45)cc3)ccc2c1. The molecule has 246 valence electrons. The lowest BCUT2D eigenvalue weighted by Gasteiger charge is -2.12. The first-order valence-corrected chi connectivity index (χ1v) is 19.5. The van der Waals surface area contributed by atoms with Crippen molar-refractivity contribution < 1.29 is 0 Å². The fourth-order valence-electron chi connectivity index (χ4n) is 8.44. The second-order valence-electron chi connectivity index (χ2n) is 13.7. The first kappa shape index (κ1) is 29.2. The van der Waals surface area contributed by atoms with Gasteiger partial charge in [0.15, 0.2) is 0 Å². The minimum absolute atomic E-state index is 0.688. The molecule has 4 aromatic heterocycles. The zero-order valence-electron chi connectivity index (χ0n) is 28.2. The maximum Gasteiger partial charge on any atom is 0.236 e. The van der Waals surface area contributed by atoms with Gasteiger partial charge in [0.05, 0.1) is 16.7 Å². The molecule has 8 aromatic carbocycles. The normalized spacial score (nSPS) is 12.2. The van der Waals surface area contributed by atoms with Crippen LogP contribution in [0.5, 0.6) is 0 Å². The first-order chi connectivity index (χ1) is 26.3. The maximum absolute atomic E-state index is 5.58. The summed E-state index contributed by atoms with van der Waals surface area (Å²) < 4.78 is 6.16. The van der Waals surface area contributed by atoms with Gasteiger partial charge in [-0.25, -0.2) is 9.97 Å². The molecule has 12 rings (SSSR count). The van der Waals surface area contributed by atoms with Crippen molar-refractivity contribution in [1.29, 1.82) is 0 Å². The maximum atomic E-state index is 5.58. The molecule has 0 saturated heterocycles. The van der Waals surface area contributed by atoms with Crippen LogP contribution in [0.3, 0.4) is 0 Å². The lowest BCUT2D eigenvalue weighted by molar-refractivity contribution is 1.02. The topological polar surface area (TPSA) is 30.7 Å². The molecular weight excluding hydrogens is 683 g/mol. The van der Waals surface area contributed by atoms with E-state index in [1.165, 1.54) is 73.7 Å². The van der Waals surface area contributed by atoms with E-state index in [-0.39, 0.29) is 0 Å². The summed E-state index contributed by atoms with van der Waals surface area (Å²) >= 11 is 3.63. The van der Waals surface area contributed by atoms with Crippen LogP contribution < -0.4 is 0 Å². The van der Waals surface area contributed by atoms with E-state index >= 15 is 0 Å². The number of fused-ring (bicyclic) bond motifs is 14. The standard InChI is InChI=1S/C48H27N3S2/c1-2-12-31-27-32(26-23-28(31)11-1)29-21-24-30(25-22-29)44-43-37-17-7-10-20-40(37)53-47(43)50-48(49-44)51-38-18-8-5-15-35(38)41-42-36-16-6-9-19-39(36)52-46(42)34-14-4-3-13-33(34)45(41)51/h1-27H. The monoisotopic (exact) mass is 709 g/mol. The van der Waals surface area contributed by atoms with E-state index in [1.807, 2.05) is 11.3 Å². The van der Waals surface area contributed by atoms with Crippen LogP contribution in [0.4, 0.5) is 0 Å². The number of hydrogen-bond acceptors (Lipinski definition) is 4. The van der Waals surface area contributed by atoms with Crippen molar-refractivity contribution in [2.45, 2.75) is 0 Å². The van der Waals surface area contributed by atoms with E-state index in [9.17, 15) is 0 Å². The summed E-state index contributed by atoms with van der Waals surface area (Å²) in [6.45, 7) is 0. The number of benzene rings is 8. The summed E-state index contributed by atoms with van der Waals surface area (Å²) in [7, 11) is 0. The van der Waals surface area contributed by atoms with Crippen LogP contribution in [0.15, 0.2) is 164 Å². The highest BCUT2D eigenvalue weighted by Gasteiger charge is 2.24. The first-order valence-electron chi connectivity index (χ1n) is 17.8. The van der Waals surface area contributed by atoms with Gasteiger partial charge in [-0.1, -0.05) is 140 Å². The van der Waals surface area contributed by atoms with Crippen LogP contribution >= 0.6 is 22.7 Å². The molecule has 0 amide bonds. The Bertz CT molecular complexity index is 3460. The van der Waals surface area contributed by atoms with Gasteiger partial charge in [0.1, 0.15) is 4.83 Å². The van der Waals surface area contributed by atoms with Crippen LogP contribution in [0, 0.1) is 0 Å². The van der Waals surface area contributed by atoms with Crippen LogP contribution in [-0.4, -0.2) is 14.5 Å². The molecule has 0 aliphatic carbocycles. The van der Waals surface area contributed by atoms with Crippen LogP contribution in [0.1, 0.15) is 0 Å². The van der Waals surface area contributed by atoms with Crippen molar-refractivity contribution in [2.75, 3.05) is 0 Å². The van der Waals surface area contributed by atoms with Crippen LogP contribution in [0.2, 0.25) is 0 Å². The van der Waals surface area contributed by atoms with Crippen molar-refractivity contribution in [3.63, 3.8) is 0 Å². The third-order valence-electron chi connectivity index (χ3n) is 10.8. The number of hydrogen-bond donors (Lipinski definition) is 0. The number of nitrogens with zero attached hydrogens (tertiary/aromatic N) is 3. The Hall–Kier alpha value is -6.40. The molecule has 5 heteroatoms. The van der Waals surface area contributed by atoms with Crippen LogP contribution in [0.25, 0.3) is 112 Å². The molecule has 12 aromatic rings. The average molecular weight is 710 g/mol. The highest BCUT2D eigenvalue weighted by molar-refractivity contribution is 7.27. The lowest BCUT2D eigenvalue weighted by Crippen LogP contribution is -2.03. The third-order valence-corrected chi connectivity index (χ3v) is 13.1. The lowest BCUT2D eigenvalue weighted by atomic mass is 9.99. The molecule has 0 unspecified atom stereocenters. The van der Waals surface area contributed by atoms with Gasteiger partial charge in [-0.2, -0.15) is 0 Å². The Morgan fingerprint density at radius 3 is 1.83 bits per heavy atom. The van der Waals surface area contributed by atoms with Gasteiger partial charge in [0, 0.05) is 62.8 Å². The summed E-state index contributed by atoms with van der Waals surface area (Å²) in [5.41, 5.74) is 6.66. The Kier molecular flexibility index (Phi) is 6.09. The smallest absolute Gasteiger partial charge is 0.236 e. The van der Waals surface area contributed by atoms with E-state index in [4.69, 9.17) is 9.97 Å². The quantitative estimate of drug-likeness (QED) is 0.183. The minimum Gasteiger partial charge on any atom is -0.277 e. The van der Waals surface area contributed by atoms with Crippen LogP contribution in [-0.2, 0) is 0 Å². The Morgan fingerprint density at radius 2 is 1.02 bits per heavy atom. The van der Waals surface area contributed by atoms with Gasteiger partial charge in [-0.15, -0.1) is 22.7 Å². The molecule has 53 heavy (non-hydrogen) atoms. The van der Waals surface area contributed by atoms with Crippen molar-refractivity contribution in [3.05, 3.63) is 164 Å². The minimum atomic E-state index is 0.688. The van der Waals surface area contributed by atoms with E-state index in [0.717, 1.165) is 32.5 Å². The van der Waals surface area contributed by atoms with Gasteiger partial charge in [-0.3, -0.25) is 4.57 Å². The predicted molar refractivity (Wildman–Crippen MR) is 228 cm³/mol. The number of para-hydroxylation sites is 1. The molecule has 0 bridgehead atoms. The summed E-state index contributed by atoms with van der Waals surface area (Å²) in [5.74, 6) is 0.688. The molecule has 4 heterocycles. The molecule has 0 spiro atoms. The number of thiophene rings is 2. The largest absolute Gasteiger partial charge is 0.277 e. The fourth-order valence-corrected chi connectivity index (χ4v) is 10.8. The number of aromatic nitrogens is 3.